The summed E-state index contributed by atoms with van der Waals surface area (Å²) >= 11 is 0. The van der Waals surface area contributed by atoms with E-state index in [0.717, 1.165) is 79.8 Å². The fraction of sp³-hybridized carbons (Fsp3) is 0.464. The lowest BCUT2D eigenvalue weighted by atomic mass is 9.72. The van der Waals surface area contributed by atoms with Gasteiger partial charge >= 0.3 is 0 Å². The second-order valence-corrected chi connectivity index (χ2v) is 10.8. The summed E-state index contributed by atoms with van der Waals surface area (Å²) in [5.74, 6) is 2.19. The molecule has 0 radical (unpaired) electrons. The van der Waals surface area contributed by atoms with Gasteiger partial charge in [0.15, 0.2) is 11.6 Å². The van der Waals surface area contributed by atoms with Crippen LogP contribution in [-0.4, -0.2) is 62.4 Å². The van der Waals surface area contributed by atoms with E-state index in [1.165, 1.54) is 12.8 Å². The molecule has 2 aliphatic rings. The minimum absolute atomic E-state index is 0.245. The Morgan fingerprint density at radius 2 is 1.92 bits per heavy atom. The van der Waals surface area contributed by atoms with Gasteiger partial charge in [0.05, 0.1) is 6.21 Å². The maximum Gasteiger partial charge on any atom is 0.227 e. The summed E-state index contributed by atoms with van der Waals surface area (Å²) in [7, 11) is 0. The summed E-state index contributed by atoms with van der Waals surface area (Å²) in [6.45, 7) is 10.2. The van der Waals surface area contributed by atoms with Crippen molar-refractivity contribution in [3.8, 4) is 0 Å². The van der Waals surface area contributed by atoms with Crippen LogP contribution in [0.3, 0.4) is 0 Å². The first-order valence-electron chi connectivity index (χ1n) is 13.5. The van der Waals surface area contributed by atoms with Crippen molar-refractivity contribution in [1.29, 1.82) is 5.41 Å². The third-order valence-corrected chi connectivity index (χ3v) is 7.91. The van der Waals surface area contributed by atoms with Gasteiger partial charge in [-0.25, -0.2) is 14.4 Å². The zero-order chi connectivity index (χ0) is 27.4. The van der Waals surface area contributed by atoms with Gasteiger partial charge in [0.1, 0.15) is 11.6 Å². The Balaban J connectivity index is 1.20. The SMILES string of the molecule is Cc1cc(Nc2cc(C)[nH]n2)nc(N2CCC3(CCCN(C(C)c4ccc(N/C=C(/F)C=N)nc4)C3)CC2)n1. The molecule has 2 saturated heterocycles. The topological polar surface area (TPSA) is 122 Å². The van der Waals surface area contributed by atoms with Crippen molar-refractivity contribution in [3.05, 3.63) is 59.4 Å². The normalized spacial score (nSPS) is 18.7. The number of aryl methyl sites for hydroxylation is 2. The predicted molar refractivity (Wildman–Crippen MR) is 152 cm³/mol. The lowest BCUT2D eigenvalue weighted by Gasteiger charge is -2.49. The van der Waals surface area contributed by atoms with Crippen LogP contribution in [0.4, 0.5) is 27.8 Å². The number of pyridine rings is 1. The van der Waals surface area contributed by atoms with Crippen molar-refractivity contribution in [2.75, 3.05) is 41.7 Å². The van der Waals surface area contributed by atoms with E-state index in [0.29, 0.717) is 17.4 Å². The minimum atomic E-state index is -0.644. The summed E-state index contributed by atoms with van der Waals surface area (Å²) in [5.41, 5.74) is 3.37. The fourth-order valence-electron chi connectivity index (χ4n) is 5.67. The molecule has 2 fully saturated rings. The second kappa shape index (κ2) is 11.5. The summed E-state index contributed by atoms with van der Waals surface area (Å²) < 4.78 is 13.2. The van der Waals surface area contributed by atoms with E-state index in [2.05, 4.69) is 42.5 Å². The lowest BCUT2D eigenvalue weighted by molar-refractivity contribution is 0.0414. The van der Waals surface area contributed by atoms with Crippen LogP contribution in [0.15, 0.2) is 42.5 Å². The summed E-state index contributed by atoms with van der Waals surface area (Å²) in [6.07, 6.45) is 8.31. The van der Waals surface area contributed by atoms with E-state index in [-0.39, 0.29) is 6.04 Å². The molecule has 5 heterocycles. The van der Waals surface area contributed by atoms with E-state index in [1.807, 2.05) is 44.3 Å². The number of hydrogen-bond acceptors (Lipinski definition) is 9. The smallest absolute Gasteiger partial charge is 0.227 e. The third kappa shape index (κ3) is 6.42. The van der Waals surface area contributed by atoms with Gasteiger partial charge in [-0.2, -0.15) is 10.1 Å². The van der Waals surface area contributed by atoms with Crippen LogP contribution in [0.5, 0.6) is 0 Å². The first-order chi connectivity index (χ1) is 18.8. The van der Waals surface area contributed by atoms with Crippen LogP contribution < -0.4 is 15.5 Å². The summed E-state index contributed by atoms with van der Waals surface area (Å²) in [6, 6.07) is 8.05. The second-order valence-electron chi connectivity index (χ2n) is 10.8. The third-order valence-electron chi connectivity index (χ3n) is 7.91. The van der Waals surface area contributed by atoms with Crippen LogP contribution >= 0.6 is 0 Å². The van der Waals surface area contributed by atoms with Gasteiger partial charge in [-0.3, -0.25) is 10.00 Å². The molecule has 3 aromatic heterocycles. The van der Waals surface area contributed by atoms with Gasteiger partial charge < -0.3 is 20.9 Å². The minimum Gasteiger partial charge on any atom is -0.344 e. The van der Waals surface area contributed by atoms with Crippen molar-refractivity contribution < 1.29 is 4.39 Å². The molecular formula is C28H37FN10. The molecule has 0 aromatic carbocycles. The monoisotopic (exact) mass is 532 g/mol. The fourth-order valence-corrected chi connectivity index (χ4v) is 5.67. The van der Waals surface area contributed by atoms with Crippen molar-refractivity contribution >= 4 is 29.6 Å². The molecule has 3 aromatic rings. The van der Waals surface area contributed by atoms with Gasteiger partial charge in [0, 0.05) is 61.6 Å². The largest absolute Gasteiger partial charge is 0.344 e. The number of allylic oxidation sites excluding steroid dienone is 1. The molecular weight excluding hydrogens is 495 g/mol. The highest BCUT2D eigenvalue weighted by Gasteiger charge is 2.40. The number of likely N-dealkylation sites (tertiary alicyclic amines) is 1. The van der Waals surface area contributed by atoms with Crippen LogP contribution in [0, 0.1) is 24.7 Å². The molecule has 11 heteroatoms. The van der Waals surface area contributed by atoms with E-state index in [4.69, 9.17) is 15.4 Å². The molecule has 0 bridgehead atoms. The average molecular weight is 533 g/mol. The molecule has 1 spiro atoms. The Morgan fingerprint density at radius 3 is 2.62 bits per heavy atom. The number of aromatic amines is 1. The highest BCUT2D eigenvalue weighted by atomic mass is 19.1. The highest BCUT2D eigenvalue weighted by molar-refractivity contribution is 5.73. The highest BCUT2D eigenvalue weighted by Crippen LogP contribution is 2.42. The molecule has 2 aliphatic heterocycles. The maximum atomic E-state index is 13.2. The molecule has 206 valence electrons. The zero-order valence-corrected chi connectivity index (χ0v) is 22.8. The number of H-pyrrole nitrogens is 1. The molecule has 39 heavy (non-hydrogen) atoms. The van der Waals surface area contributed by atoms with Crippen LogP contribution in [0.25, 0.3) is 0 Å². The molecule has 0 saturated carbocycles. The predicted octanol–water partition coefficient (Wildman–Crippen LogP) is 5.27. The number of rotatable bonds is 8. The van der Waals surface area contributed by atoms with Crippen molar-refractivity contribution in [2.45, 2.75) is 52.5 Å². The number of hydrogen-bond donors (Lipinski definition) is 4. The van der Waals surface area contributed by atoms with Crippen molar-refractivity contribution in [1.82, 2.24) is 30.0 Å². The van der Waals surface area contributed by atoms with Crippen LogP contribution in [0.2, 0.25) is 0 Å². The summed E-state index contributed by atoms with van der Waals surface area (Å²) in [5, 5.41) is 20.2. The molecule has 1 unspecified atom stereocenters. The molecule has 1 atom stereocenters. The standard InChI is InChI=1S/C28H37FN10/c1-19-13-25(34-26-14-20(2)36-37-26)35-27(33-19)38-11-8-28(9-12-38)7-4-10-39(18-28)21(3)22-5-6-24(31-16-22)32-17-23(29)15-30/h5-6,13-17,21,30H,4,7-12,18H2,1-3H3,(H,31,32)(H2,33,34,35,36,37)/b23-17+,30-15?. The van der Waals surface area contributed by atoms with Crippen molar-refractivity contribution in [3.63, 3.8) is 0 Å². The van der Waals surface area contributed by atoms with Gasteiger partial charge in [0.2, 0.25) is 5.95 Å². The number of halogens is 1. The molecule has 4 N–H and O–H groups in total. The van der Waals surface area contributed by atoms with Gasteiger partial charge in [-0.15, -0.1) is 0 Å². The summed E-state index contributed by atoms with van der Waals surface area (Å²) in [4.78, 5) is 18.9. The number of nitrogens with one attached hydrogen (secondary N) is 4. The average Bonchev–Trinajstić information content (AvgIpc) is 3.35. The lowest BCUT2D eigenvalue weighted by Crippen LogP contribution is -2.50. The Kier molecular flexibility index (Phi) is 7.87. The Labute approximate surface area is 228 Å². The Morgan fingerprint density at radius 1 is 1.10 bits per heavy atom. The van der Waals surface area contributed by atoms with Gasteiger partial charge in [-0.05, 0) is 70.0 Å². The number of aromatic nitrogens is 5. The van der Waals surface area contributed by atoms with Gasteiger partial charge in [-0.1, -0.05) is 6.07 Å². The quantitative estimate of drug-likeness (QED) is 0.290. The van der Waals surface area contributed by atoms with E-state index in [1.54, 1.807) is 0 Å². The van der Waals surface area contributed by atoms with Crippen LogP contribution in [0.1, 0.15) is 55.6 Å². The molecule has 5 rings (SSSR count). The zero-order valence-electron chi connectivity index (χ0n) is 22.8. The van der Waals surface area contributed by atoms with E-state index in [9.17, 15) is 4.39 Å². The van der Waals surface area contributed by atoms with Crippen LogP contribution in [-0.2, 0) is 0 Å². The molecule has 10 nitrogen and oxygen atoms in total. The number of anilines is 4. The number of piperidine rings is 2. The first kappa shape index (κ1) is 26.7. The van der Waals surface area contributed by atoms with E-state index < -0.39 is 5.83 Å². The van der Waals surface area contributed by atoms with Gasteiger partial charge in [0.25, 0.3) is 0 Å². The molecule has 0 aliphatic carbocycles. The number of nitrogens with zero attached hydrogens (tertiary/aromatic N) is 6. The Hall–Kier alpha value is -3.86. The van der Waals surface area contributed by atoms with E-state index >= 15 is 0 Å². The first-order valence-corrected chi connectivity index (χ1v) is 13.5. The molecule has 0 amide bonds. The Bertz CT molecular complexity index is 1310. The van der Waals surface area contributed by atoms with Crippen molar-refractivity contribution in [2.24, 2.45) is 5.41 Å². The maximum absolute atomic E-state index is 13.2.